The fourth-order valence-corrected chi connectivity index (χ4v) is 12.4. The van der Waals surface area contributed by atoms with E-state index in [0.717, 1.165) is 16.5 Å². The number of hydrogen-bond acceptors (Lipinski definition) is 19. The number of aliphatic hydroxyl groups is 2. The van der Waals surface area contributed by atoms with Crippen LogP contribution < -0.4 is 0 Å². The van der Waals surface area contributed by atoms with Crippen LogP contribution in [0.5, 0.6) is 0 Å². The number of esters is 3. The fourth-order valence-electron chi connectivity index (χ4n) is 12.4. The molecule has 0 spiro atoms. The second-order valence-corrected chi connectivity index (χ2v) is 25.8. The number of aromatic nitrogens is 1. The number of nitrogens with zero attached hydrogens (tertiary/aromatic N) is 3. The van der Waals surface area contributed by atoms with Crippen molar-refractivity contribution in [2.75, 3.05) is 27.8 Å². The van der Waals surface area contributed by atoms with E-state index in [4.69, 9.17) is 47.5 Å². The molecule has 0 bridgehead atoms. The summed E-state index contributed by atoms with van der Waals surface area (Å²) in [6.45, 7) is 22.5. The number of aliphatic hydroxyl groups excluding tert-OH is 1. The van der Waals surface area contributed by atoms with Gasteiger partial charge < -0.3 is 62.6 Å². The summed E-state index contributed by atoms with van der Waals surface area (Å²) in [6, 6.07) is 26.6. The van der Waals surface area contributed by atoms with Crippen molar-refractivity contribution in [2.45, 2.75) is 200 Å². The van der Waals surface area contributed by atoms with Gasteiger partial charge in [-0.2, -0.15) is 0 Å². The summed E-state index contributed by atoms with van der Waals surface area (Å²) < 4.78 is 60.8. The Hall–Kier alpha value is -6.00. The van der Waals surface area contributed by atoms with Crippen LogP contribution in [0.25, 0.3) is 17.0 Å². The Balaban J connectivity index is 1.42. The molecule has 3 aliphatic rings. The van der Waals surface area contributed by atoms with Crippen LogP contribution in [0, 0.1) is 29.1 Å². The molecular formula is C68H93N3O16. The molecule has 19 nitrogen and oxygen atoms in total. The first-order chi connectivity index (χ1) is 41.0. The lowest BCUT2D eigenvalue weighted by atomic mass is 9.73. The zero-order chi connectivity index (χ0) is 63.8. The topological polar surface area (TPSA) is 230 Å². The second kappa shape index (κ2) is 29.1. The first-order valence-electron chi connectivity index (χ1n) is 30.4. The molecule has 3 fully saturated rings. The van der Waals surface area contributed by atoms with Crippen LogP contribution in [-0.4, -0.2) is 162 Å². The van der Waals surface area contributed by atoms with Gasteiger partial charge in [0.15, 0.2) is 24.8 Å². The molecule has 1 unspecified atom stereocenters. The maximum absolute atomic E-state index is 15.3. The van der Waals surface area contributed by atoms with Crippen LogP contribution >= 0.6 is 0 Å². The highest BCUT2D eigenvalue weighted by Crippen LogP contribution is 2.44. The van der Waals surface area contributed by atoms with Crippen LogP contribution in [0.2, 0.25) is 0 Å². The fraction of sp³-hybridized carbons (Fsp3) is 0.588. The van der Waals surface area contributed by atoms with Gasteiger partial charge in [-0.05, 0) is 138 Å². The van der Waals surface area contributed by atoms with Crippen molar-refractivity contribution in [2.24, 2.45) is 34.2 Å². The second-order valence-electron chi connectivity index (χ2n) is 25.8. The van der Waals surface area contributed by atoms with Gasteiger partial charge in [0, 0.05) is 42.9 Å². The Kier molecular flexibility index (Phi) is 22.9. The molecule has 0 amide bonds. The predicted octanol–water partition coefficient (Wildman–Crippen LogP) is 10.2. The maximum atomic E-state index is 15.3. The van der Waals surface area contributed by atoms with E-state index in [1.54, 1.807) is 122 Å². The predicted molar refractivity (Wildman–Crippen MR) is 328 cm³/mol. The molecule has 7 rings (SSSR count). The van der Waals surface area contributed by atoms with Gasteiger partial charge >= 0.3 is 23.9 Å². The SMILES string of the molecule is CC[C@H]1OC(=O)[C@H](C)[C@@H](O[C@H]2C[C@@](C)(OC)[C@@H](OC(=O)c3ccccc3)[C@H](C)O2)[C@H](C)[C@@H](OC2O[C@H](C)C[C@H](N(C)C)[C@H]2OC(=O)c2ccccc2)[C@](C)(OC/C=C/c2cnc3ccccc3c2)C[C@H](C)/C(=N\OC(=O)C(C)(C)C)[C@H](C)[C@@H](O)[C@]1(C)O. The number of carbonyl (C=O) groups is 4. The highest BCUT2D eigenvalue weighted by molar-refractivity contribution is 5.91. The zero-order valence-corrected chi connectivity index (χ0v) is 53.5. The molecule has 2 N–H and O–H groups in total. The van der Waals surface area contributed by atoms with Crippen LogP contribution in [0.1, 0.15) is 142 Å². The van der Waals surface area contributed by atoms with Crippen molar-refractivity contribution < 1.29 is 76.9 Å². The largest absolute Gasteiger partial charge is 0.459 e. The average Bonchev–Trinajstić information content (AvgIpc) is 1.48. The number of hydrogen-bond donors (Lipinski definition) is 2. The summed E-state index contributed by atoms with van der Waals surface area (Å²) in [5.74, 6) is -6.51. The van der Waals surface area contributed by atoms with E-state index in [0.29, 0.717) is 17.5 Å². The first-order valence-corrected chi connectivity index (χ1v) is 30.4. The minimum atomic E-state index is -2.10. The third-order valence-corrected chi connectivity index (χ3v) is 17.5. The Labute approximate surface area is 513 Å². The Morgan fingerprint density at radius 2 is 1.43 bits per heavy atom. The third kappa shape index (κ3) is 16.5. The third-order valence-electron chi connectivity index (χ3n) is 17.5. The first kappa shape index (κ1) is 68.5. The van der Waals surface area contributed by atoms with E-state index in [1.165, 1.54) is 14.0 Å². The van der Waals surface area contributed by atoms with E-state index in [-0.39, 0.29) is 31.6 Å². The number of methoxy groups -OCH3 is 1. The molecule has 476 valence electrons. The van der Waals surface area contributed by atoms with Crippen molar-refractivity contribution in [1.82, 2.24) is 9.88 Å². The van der Waals surface area contributed by atoms with Crippen molar-refractivity contribution in [3.63, 3.8) is 0 Å². The molecule has 0 saturated carbocycles. The minimum absolute atomic E-state index is 0.00504. The van der Waals surface area contributed by atoms with E-state index >= 15 is 4.79 Å². The van der Waals surface area contributed by atoms with Gasteiger partial charge in [-0.15, -0.1) is 0 Å². The molecule has 3 aliphatic heterocycles. The lowest BCUT2D eigenvalue weighted by Gasteiger charge is -2.50. The van der Waals surface area contributed by atoms with E-state index in [9.17, 15) is 24.6 Å². The molecule has 3 saturated heterocycles. The van der Waals surface area contributed by atoms with Crippen molar-refractivity contribution in [3.05, 3.63) is 120 Å². The zero-order valence-electron chi connectivity index (χ0n) is 53.5. The van der Waals surface area contributed by atoms with Crippen LogP contribution in [-0.2, 0) is 57.1 Å². The number of carbonyl (C=O) groups excluding carboxylic acids is 4. The molecule has 18 atom stereocenters. The van der Waals surface area contributed by atoms with Gasteiger partial charge in [0.25, 0.3) is 0 Å². The Bertz CT molecular complexity index is 3010. The quantitative estimate of drug-likeness (QED) is 0.0460. The van der Waals surface area contributed by atoms with Gasteiger partial charge in [-0.3, -0.25) is 9.78 Å². The molecule has 3 aromatic carbocycles. The van der Waals surface area contributed by atoms with Gasteiger partial charge in [0.2, 0.25) is 0 Å². The molecule has 0 aliphatic carbocycles. The van der Waals surface area contributed by atoms with Crippen molar-refractivity contribution in [3.8, 4) is 0 Å². The summed E-state index contributed by atoms with van der Waals surface area (Å²) in [5, 5.41) is 30.5. The normalized spacial score (nSPS) is 34.5. The molecule has 4 heterocycles. The average molecular weight is 1210 g/mol. The van der Waals surface area contributed by atoms with Crippen molar-refractivity contribution in [1.29, 1.82) is 0 Å². The summed E-state index contributed by atoms with van der Waals surface area (Å²) in [5.41, 5.74) is -3.32. The molecule has 19 heteroatoms. The Morgan fingerprint density at radius 1 is 0.805 bits per heavy atom. The lowest BCUT2D eigenvalue weighted by molar-refractivity contribution is -0.319. The van der Waals surface area contributed by atoms with Crippen LogP contribution in [0.3, 0.4) is 0 Å². The summed E-state index contributed by atoms with van der Waals surface area (Å²) in [4.78, 5) is 69.2. The minimum Gasteiger partial charge on any atom is -0.459 e. The molecule has 1 aromatic heterocycles. The summed E-state index contributed by atoms with van der Waals surface area (Å²) in [6.07, 6.45) is -4.92. The van der Waals surface area contributed by atoms with Crippen molar-refractivity contribution >= 4 is 46.6 Å². The molecule has 4 aromatic rings. The lowest BCUT2D eigenvalue weighted by Crippen LogP contribution is -2.62. The van der Waals surface area contributed by atoms with Gasteiger partial charge in [-0.1, -0.05) is 99.6 Å². The number of para-hydroxylation sites is 1. The number of oxime groups is 1. The van der Waals surface area contributed by atoms with Gasteiger partial charge in [0.05, 0.1) is 82.5 Å². The summed E-state index contributed by atoms with van der Waals surface area (Å²) in [7, 11) is 5.31. The number of benzene rings is 3. The molecule has 87 heavy (non-hydrogen) atoms. The standard InChI is InChI=1S/C68H93N3O16/c1-17-52-68(13,77)57(72)42(4)54(70-87-64(76)65(8,9)10)40(2)37-67(12,79-34-26-27-46-36-49-32-24-25-33-50(49)69-39-46)58(86-63-56(51(71(14)15)35-41(3)80-63)84-61(74)47-28-20-18-21-29-47)43(5)55(44(6)60(73)82-52)83-53-38-66(11,78-16)59(45(7)81-53)85-62(75)48-30-22-19-23-31-48/h18-33,36,39-45,51-53,55-59,63,72,77H,17,34-35,37-38H2,1-16H3/b27-26+,70-54+/t40-,41+,42-,43-,44+,45-,51-,52+,53-,55-,56+,57+,58+,59-,63?,66+,67+,68+/m0/s1. The Morgan fingerprint density at radius 3 is 2.03 bits per heavy atom. The van der Waals surface area contributed by atoms with E-state index in [1.807, 2.05) is 89.2 Å². The van der Waals surface area contributed by atoms with Crippen LogP contribution in [0.15, 0.2) is 108 Å². The van der Waals surface area contributed by atoms with Gasteiger partial charge in [0.1, 0.15) is 17.3 Å². The number of pyridine rings is 1. The van der Waals surface area contributed by atoms with Crippen LogP contribution in [0.4, 0.5) is 0 Å². The summed E-state index contributed by atoms with van der Waals surface area (Å²) >= 11 is 0. The molecular weight excluding hydrogens is 1110 g/mol. The highest BCUT2D eigenvalue weighted by atomic mass is 16.7. The van der Waals surface area contributed by atoms with E-state index in [2.05, 4.69) is 10.1 Å². The smallest absolute Gasteiger partial charge is 0.340 e. The number of fused-ring (bicyclic) bond motifs is 1. The number of likely N-dealkylation sites (N-methyl/N-ethyl adjacent to an activating group) is 1. The number of rotatable bonds is 16. The maximum Gasteiger partial charge on any atom is 0.340 e. The van der Waals surface area contributed by atoms with Gasteiger partial charge in [-0.25, -0.2) is 14.4 Å². The highest BCUT2D eigenvalue weighted by Gasteiger charge is 2.55. The number of cyclic esters (lactones) is 1. The van der Waals surface area contributed by atoms with E-state index < -0.39 is 137 Å². The molecule has 0 radical (unpaired) electrons. The number of ether oxygens (including phenoxy) is 9. The monoisotopic (exact) mass is 1210 g/mol.